The second-order valence-electron chi connectivity index (χ2n) is 8.16. The minimum atomic E-state index is -5.46. The number of aromatic nitrogens is 4. The quantitative estimate of drug-likeness (QED) is 0.279. The minimum Gasteiger partial charge on any atom is -0.407 e. The number of alkyl halides is 6. The van der Waals surface area contributed by atoms with Crippen LogP contribution in [0.5, 0.6) is 5.75 Å². The normalized spacial score (nSPS) is 11.5. The number of carbonyl (C=O) groups is 1. The van der Waals surface area contributed by atoms with Gasteiger partial charge in [-0.05, 0) is 42.3 Å². The highest BCUT2D eigenvalue weighted by molar-refractivity contribution is 5.89. The molecule has 0 aliphatic carbocycles. The number of nitrogens with zero attached hydrogens (tertiary/aromatic N) is 5. The van der Waals surface area contributed by atoms with Gasteiger partial charge in [-0.2, -0.15) is 26.3 Å². The van der Waals surface area contributed by atoms with Gasteiger partial charge in [-0.1, -0.05) is 0 Å². The van der Waals surface area contributed by atoms with Crippen LogP contribution in [-0.2, 0) is 12.4 Å². The summed E-state index contributed by atoms with van der Waals surface area (Å²) in [4.78, 5) is 34.1. The molecule has 2 heterocycles. The van der Waals surface area contributed by atoms with Crippen molar-refractivity contribution in [2.45, 2.75) is 12.4 Å². The van der Waals surface area contributed by atoms with E-state index in [1.807, 2.05) is 0 Å². The summed E-state index contributed by atoms with van der Waals surface area (Å²) in [5, 5.41) is 0. The van der Waals surface area contributed by atoms with Gasteiger partial charge in [-0.25, -0.2) is 28.5 Å². The Hall–Kier alpha value is -5.33. The molecule has 0 radical (unpaired) electrons. The number of nitrogens with two attached hydrogens (primary N) is 1. The standard InChI is InChI=1S/C25H15F7N6O3/c1-36(17-4-2-15(26)3-5-17)23(40)41-21-18(25(30,31)32)10-14(24(27,28)29)11-19(21)38-9-8-37(22(38)39)7-6-16-12-35-20(33)13-34-16/h2-5,8-13H,1H3,(H2,33,35). The summed E-state index contributed by atoms with van der Waals surface area (Å²) in [5.74, 6) is 0.462. The third-order valence-electron chi connectivity index (χ3n) is 5.39. The van der Waals surface area contributed by atoms with Gasteiger partial charge in [0.25, 0.3) is 0 Å². The Labute approximate surface area is 225 Å². The highest BCUT2D eigenvalue weighted by atomic mass is 19.4. The number of imidazole rings is 1. The molecule has 0 saturated heterocycles. The first-order chi connectivity index (χ1) is 19.1. The molecule has 0 aliphatic rings. The van der Waals surface area contributed by atoms with Crippen LogP contribution in [-0.4, -0.2) is 32.2 Å². The molecule has 9 nitrogen and oxygen atoms in total. The van der Waals surface area contributed by atoms with Crippen molar-refractivity contribution in [1.82, 2.24) is 19.1 Å². The van der Waals surface area contributed by atoms with E-state index >= 15 is 0 Å². The molecule has 2 N–H and O–H groups in total. The average Bonchev–Trinajstić information content (AvgIpc) is 3.27. The van der Waals surface area contributed by atoms with Crippen LogP contribution < -0.4 is 21.1 Å². The van der Waals surface area contributed by atoms with E-state index in [1.54, 1.807) is 0 Å². The van der Waals surface area contributed by atoms with Gasteiger partial charge in [0, 0.05) is 31.2 Å². The Morgan fingerprint density at radius 1 is 1.00 bits per heavy atom. The summed E-state index contributed by atoms with van der Waals surface area (Å²) in [6.45, 7) is 0. The lowest BCUT2D eigenvalue weighted by Gasteiger charge is -2.22. The average molecular weight is 580 g/mol. The van der Waals surface area contributed by atoms with Crippen molar-refractivity contribution >= 4 is 17.6 Å². The van der Waals surface area contributed by atoms with Crippen molar-refractivity contribution in [2.24, 2.45) is 0 Å². The van der Waals surface area contributed by atoms with Crippen LogP contribution >= 0.6 is 0 Å². The zero-order valence-electron chi connectivity index (χ0n) is 20.5. The molecular formula is C25H15F7N6O3. The highest BCUT2D eigenvalue weighted by Crippen LogP contribution is 2.44. The van der Waals surface area contributed by atoms with Crippen molar-refractivity contribution in [3.05, 3.63) is 94.3 Å². The molecule has 41 heavy (non-hydrogen) atoms. The molecule has 4 rings (SSSR count). The summed E-state index contributed by atoms with van der Waals surface area (Å²) in [6.07, 6.45) is -8.07. The fraction of sp³-hybridized carbons (Fsp3) is 0.120. The van der Waals surface area contributed by atoms with E-state index in [0.717, 1.165) is 43.7 Å². The Kier molecular flexibility index (Phi) is 7.47. The maximum atomic E-state index is 14.0. The van der Waals surface area contributed by atoms with Crippen LogP contribution in [0.25, 0.3) is 5.69 Å². The number of hydrogen-bond acceptors (Lipinski definition) is 6. The van der Waals surface area contributed by atoms with Crippen molar-refractivity contribution in [3.8, 4) is 23.4 Å². The van der Waals surface area contributed by atoms with E-state index in [4.69, 9.17) is 10.5 Å². The third-order valence-corrected chi connectivity index (χ3v) is 5.39. The van der Waals surface area contributed by atoms with Crippen LogP contribution in [0, 0.1) is 17.8 Å². The van der Waals surface area contributed by atoms with Crippen molar-refractivity contribution in [2.75, 3.05) is 17.7 Å². The van der Waals surface area contributed by atoms with E-state index in [0.29, 0.717) is 14.0 Å². The number of hydrogen-bond donors (Lipinski definition) is 1. The minimum absolute atomic E-state index is 0.0113. The van der Waals surface area contributed by atoms with Crippen LogP contribution in [0.15, 0.2) is 66.0 Å². The zero-order valence-corrected chi connectivity index (χ0v) is 20.5. The van der Waals surface area contributed by atoms with Crippen molar-refractivity contribution in [1.29, 1.82) is 0 Å². The first kappa shape index (κ1) is 28.7. The number of rotatable bonds is 3. The Morgan fingerprint density at radius 3 is 2.27 bits per heavy atom. The predicted molar refractivity (Wildman–Crippen MR) is 130 cm³/mol. The first-order valence-corrected chi connectivity index (χ1v) is 11.1. The first-order valence-electron chi connectivity index (χ1n) is 11.1. The molecule has 0 atom stereocenters. The summed E-state index contributed by atoms with van der Waals surface area (Å²) in [7, 11) is 1.07. The highest BCUT2D eigenvalue weighted by Gasteiger charge is 2.42. The molecule has 0 fully saturated rings. The van der Waals surface area contributed by atoms with E-state index in [-0.39, 0.29) is 29.3 Å². The largest absolute Gasteiger partial charge is 0.420 e. The van der Waals surface area contributed by atoms with Gasteiger partial charge in [-0.15, -0.1) is 0 Å². The molecule has 16 heteroatoms. The van der Waals surface area contributed by atoms with E-state index in [2.05, 4.69) is 21.9 Å². The van der Waals surface area contributed by atoms with Gasteiger partial charge in [-0.3, -0.25) is 9.47 Å². The number of benzene rings is 2. The van der Waals surface area contributed by atoms with E-state index in [1.165, 1.54) is 12.4 Å². The zero-order chi connectivity index (χ0) is 30.1. The molecule has 0 spiro atoms. The lowest BCUT2D eigenvalue weighted by Crippen LogP contribution is -2.31. The maximum absolute atomic E-state index is 14.0. The van der Waals surface area contributed by atoms with Gasteiger partial charge in [0.05, 0.1) is 23.6 Å². The molecule has 0 aliphatic heterocycles. The van der Waals surface area contributed by atoms with Crippen molar-refractivity contribution in [3.63, 3.8) is 0 Å². The maximum Gasteiger partial charge on any atom is 0.420 e. The monoisotopic (exact) mass is 580 g/mol. The molecule has 0 saturated carbocycles. The molecular weight excluding hydrogens is 565 g/mol. The van der Waals surface area contributed by atoms with Gasteiger partial charge >= 0.3 is 24.1 Å². The predicted octanol–water partition coefficient (Wildman–Crippen LogP) is 4.68. The number of amides is 1. The molecule has 0 bridgehead atoms. The number of halogens is 7. The Balaban J connectivity index is 1.86. The molecule has 2 aromatic heterocycles. The van der Waals surface area contributed by atoms with E-state index < -0.39 is 52.5 Å². The van der Waals surface area contributed by atoms with Gasteiger partial charge < -0.3 is 10.5 Å². The fourth-order valence-corrected chi connectivity index (χ4v) is 3.37. The van der Waals surface area contributed by atoms with Gasteiger partial charge in [0.15, 0.2) is 5.75 Å². The number of carbonyl (C=O) groups excluding carboxylic acids is 1. The summed E-state index contributed by atoms with van der Waals surface area (Å²) in [5.41, 5.74) is -0.533. The topological polar surface area (TPSA) is 108 Å². The number of anilines is 2. The summed E-state index contributed by atoms with van der Waals surface area (Å²) in [6, 6.07) is 6.46. The fourth-order valence-electron chi connectivity index (χ4n) is 3.37. The smallest absolute Gasteiger partial charge is 0.407 e. The molecule has 212 valence electrons. The summed E-state index contributed by atoms with van der Waals surface area (Å²) < 4.78 is 102. The van der Waals surface area contributed by atoms with Gasteiger partial charge in [0.1, 0.15) is 22.9 Å². The Bertz CT molecular complexity index is 1710. The second kappa shape index (κ2) is 10.7. The van der Waals surface area contributed by atoms with Crippen molar-refractivity contribution < 1.29 is 40.3 Å². The third kappa shape index (κ3) is 6.30. The molecule has 1 amide bonds. The van der Waals surface area contributed by atoms with Crippen LogP contribution in [0.4, 0.5) is 47.0 Å². The lowest BCUT2D eigenvalue weighted by molar-refractivity contribution is -0.143. The number of ether oxygens (including phenoxy) is 1. The molecule has 4 aromatic rings. The SMILES string of the molecule is CN(C(=O)Oc1c(-n2ccn(C#Cc3cnc(N)cn3)c2=O)cc(C(F)(F)F)cc1C(F)(F)F)c1ccc(F)cc1. The molecule has 0 unspecified atom stereocenters. The van der Waals surface area contributed by atoms with Gasteiger partial charge in [0.2, 0.25) is 0 Å². The van der Waals surface area contributed by atoms with Crippen LogP contribution in [0.1, 0.15) is 16.8 Å². The Morgan fingerprint density at radius 2 is 1.68 bits per heavy atom. The number of nitrogen functional groups attached to an aromatic ring is 1. The van der Waals surface area contributed by atoms with E-state index in [9.17, 15) is 40.3 Å². The lowest BCUT2D eigenvalue weighted by atomic mass is 10.1. The van der Waals surface area contributed by atoms with Crippen LogP contribution in [0.3, 0.4) is 0 Å². The molecule has 2 aromatic carbocycles. The summed E-state index contributed by atoms with van der Waals surface area (Å²) >= 11 is 0. The second-order valence-corrected chi connectivity index (χ2v) is 8.16. The van der Waals surface area contributed by atoms with Crippen LogP contribution in [0.2, 0.25) is 0 Å².